The highest BCUT2D eigenvalue weighted by molar-refractivity contribution is 5.38. The Morgan fingerprint density at radius 3 is 2.93 bits per heavy atom. The van der Waals surface area contributed by atoms with Crippen LogP contribution in [0, 0.1) is 5.92 Å². The lowest BCUT2D eigenvalue weighted by Gasteiger charge is -2.05. The molecule has 5 nitrogen and oxygen atoms in total. The van der Waals surface area contributed by atoms with Gasteiger partial charge in [0.05, 0.1) is 6.61 Å². The van der Waals surface area contributed by atoms with Crippen LogP contribution in [0.5, 0.6) is 0 Å². The lowest BCUT2D eigenvalue weighted by molar-refractivity contribution is 0.134. The van der Waals surface area contributed by atoms with E-state index in [-0.39, 0.29) is 0 Å². The van der Waals surface area contributed by atoms with Crippen LogP contribution >= 0.6 is 0 Å². The maximum atomic E-state index is 5.47. The van der Waals surface area contributed by atoms with Gasteiger partial charge >= 0.3 is 0 Å². The number of nitrogen functional groups attached to an aromatic ring is 1. The summed E-state index contributed by atoms with van der Waals surface area (Å²) in [5.74, 6) is 1.99. The number of anilines is 2. The van der Waals surface area contributed by atoms with Crippen LogP contribution in [0.25, 0.3) is 0 Å². The number of nitrogens with zero attached hydrogens (tertiary/aromatic N) is 2. The first kappa shape index (κ1) is 10.2. The molecule has 15 heavy (non-hydrogen) atoms. The minimum absolute atomic E-state index is 0.436. The van der Waals surface area contributed by atoms with Crippen molar-refractivity contribution in [3.63, 3.8) is 0 Å². The van der Waals surface area contributed by atoms with Crippen LogP contribution in [0.1, 0.15) is 12.8 Å². The molecular formula is C10H16N4O. The van der Waals surface area contributed by atoms with Gasteiger partial charge in [-0.1, -0.05) is 0 Å². The van der Waals surface area contributed by atoms with E-state index in [1.54, 1.807) is 6.07 Å². The summed E-state index contributed by atoms with van der Waals surface area (Å²) < 4.78 is 5.47. The van der Waals surface area contributed by atoms with Crippen molar-refractivity contribution >= 4 is 11.6 Å². The highest BCUT2D eigenvalue weighted by Gasteiger charge is 2.20. The van der Waals surface area contributed by atoms with Crippen molar-refractivity contribution in [2.45, 2.75) is 12.8 Å². The fourth-order valence-corrected chi connectivity index (χ4v) is 1.22. The standard InChI is InChI=1S/C10H16N4O/c11-9-3-4-10(14-13-9)12-5-6-15-7-8-1-2-8/h3-4,8H,1-2,5-7H2,(H2,11,13)(H,12,14). The van der Waals surface area contributed by atoms with E-state index in [0.717, 1.165) is 24.9 Å². The van der Waals surface area contributed by atoms with E-state index in [0.29, 0.717) is 12.4 Å². The van der Waals surface area contributed by atoms with E-state index in [1.807, 2.05) is 6.07 Å². The fraction of sp³-hybridized carbons (Fsp3) is 0.600. The molecule has 0 radical (unpaired) electrons. The van der Waals surface area contributed by atoms with Crippen molar-refractivity contribution in [2.75, 3.05) is 30.8 Å². The second-order valence-corrected chi connectivity index (χ2v) is 3.79. The van der Waals surface area contributed by atoms with E-state index in [2.05, 4.69) is 15.5 Å². The summed E-state index contributed by atoms with van der Waals surface area (Å²) in [4.78, 5) is 0. The molecule has 3 N–H and O–H groups in total. The maximum absolute atomic E-state index is 5.47. The first-order valence-electron chi connectivity index (χ1n) is 5.25. The normalized spacial score (nSPS) is 15.2. The summed E-state index contributed by atoms with van der Waals surface area (Å²) in [5.41, 5.74) is 5.42. The second kappa shape index (κ2) is 4.93. The summed E-state index contributed by atoms with van der Waals surface area (Å²) in [6.45, 7) is 2.36. The molecule has 1 aliphatic rings. The van der Waals surface area contributed by atoms with Crippen LogP contribution < -0.4 is 11.1 Å². The first-order valence-corrected chi connectivity index (χ1v) is 5.25. The Morgan fingerprint density at radius 2 is 2.27 bits per heavy atom. The maximum Gasteiger partial charge on any atom is 0.148 e. The van der Waals surface area contributed by atoms with Gasteiger partial charge in [0.25, 0.3) is 0 Å². The minimum atomic E-state index is 0.436. The highest BCUT2D eigenvalue weighted by atomic mass is 16.5. The molecule has 1 aromatic rings. The van der Waals surface area contributed by atoms with Gasteiger partial charge in [0, 0.05) is 13.2 Å². The molecular weight excluding hydrogens is 192 g/mol. The number of aromatic nitrogens is 2. The SMILES string of the molecule is Nc1ccc(NCCOCC2CC2)nn1. The quantitative estimate of drug-likeness (QED) is 0.679. The zero-order chi connectivity index (χ0) is 10.5. The third-order valence-electron chi connectivity index (χ3n) is 2.29. The average molecular weight is 208 g/mol. The number of nitrogens with one attached hydrogen (secondary N) is 1. The lowest BCUT2D eigenvalue weighted by atomic mass is 10.5. The molecule has 0 amide bonds. The predicted octanol–water partition coefficient (Wildman–Crippen LogP) is 0.897. The third-order valence-corrected chi connectivity index (χ3v) is 2.29. The van der Waals surface area contributed by atoms with Crippen molar-refractivity contribution in [3.05, 3.63) is 12.1 Å². The van der Waals surface area contributed by atoms with Gasteiger partial charge in [-0.05, 0) is 30.9 Å². The van der Waals surface area contributed by atoms with Crippen LogP contribution in [0.3, 0.4) is 0 Å². The molecule has 0 unspecified atom stereocenters. The topological polar surface area (TPSA) is 73.1 Å². The fourth-order valence-electron chi connectivity index (χ4n) is 1.22. The van der Waals surface area contributed by atoms with Crippen molar-refractivity contribution in [1.82, 2.24) is 10.2 Å². The van der Waals surface area contributed by atoms with E-state index in [1.165, 1.54) is 12.8 Å². The molecule has 0 saturated heterocycles. The molecule has 1 saturated carbocycles. The lowest BCUT2D eigenvalue weighted by Crippen LogP contribution is -2.12. The van der Waals surface area contributed by atoms with Gasteiger partial charge in [-0.3, -0.25) is 0 Å². The average Bonchev–Trinajstić information content (AvgIpc) is 3.04. The summed E-state index contributed by atoms with van der Waals surface area (Å²) in [6.07, 6.45) is 2.66. The smallest absolute Gasteiger partial charge is 0.148 e. The van der Waals surface area contributed by atoms with Crippen molar-refractivity contribution in [2.24, 2.45) is 5.92 Å². The molecule has 0 spiro atoms. The van der Waals surface area contributed by atoms with Crippen LogP contribution in [-0.2, 0) is 4.74 Å². The largest absolute Gasteiger partial charge is 0.382 e. The van der Waals surface area contributed by atoms with Crippen molar-refractivity contribution in [3.8, 4) is 0 Å². The first-order chi connectivity index (χ1) is 7.34. The van der Waals surface area contributed by atoms with Gasteiger partial charge in [0.2, 0.25) is 0 Å². The van der Waals surface area contributed by atoms with Gasteiger partial charge in [0.1, 0.15) is 11.6 Å². The Labute approximate surface area is 89.0 Å². The zero-order valence-electron chi connectivity index (χ0n) is 8.65. The molecule has 0 aromatic carbocycles. The summed E-state index contributed by atoms with van der Waals surface area (Å²) in [6, 6.07) is 3.53. The Bertz CT molecular complexity index is 297. The summed E-state index contributed by atoms with van der Waals surface area (Å²) in [7, 11) is 0. The van der Waals surface area contributed by atoms with Crippen molar-refractivity contribution in [1.29, 1.82) is 0 Å². The number of rotatable bonds is 6. The molecule has 1 aliphatic carbocycles. The van der Waals surface area contributed by atoms with Gasteiger partial charge < -0.3 is 15.8 Å². The molecule has 82 valence electrons. The van der Waals surface area contributed by atoms with Crippen LogP contribution in [0.15, 0.2) is 12.1 Å². The van der Waals surface area contributed by atoms with E-state index in [9.17, 15) is 0 Å². The molecule has 0 atom stereocenters. The van der Waals surface area contributed by atoms with Crippen LogP contribution in [0.4, 0.5) is 11.6 Å². The van der Waals surface area contributed by atoms with Crippen LogP contribution in [0.2, 0.25) is 0 Å². The summed E-state index contributed by atoms with van der Waals surface area (Å²) in [5, 5.41) is 10.7. The van der Waals surface area contributed by atoms with E-state index >= 15 is 0 Å². The molecule has 2 rings (SSSR count). The molecule has 1 fully saturated rings. The minimum Gasteiger partial charge on any atom is -0.382 e. The zero-order valence-corrected chi connectivity index (χ0v) is 8.65. The second-order valence-electron chi connectivity index (χ2n) is 3.79. The highest BCUT2D eigenvalue weighted by Crippen LogP contribution is 2.28. The molecule has 0 bridgehead atoms. The van der Waals surface area contributed by atoms with Gasteiger partial charge in [-0.25, -0.2) is 0 Å². The van der Waals surface area contributed by atoms with E-state index < -0.39 is 0 Å². The number of hydrogen-bond donors (Lipinski definition) is 2. The Balaban J connectivity index is 1.58. The molecule has 1 aromatic heterocycles. The Hall–Kier alpha value is -1.36. The van der Waals surface area contributed by atoms with Crippen LogP contribution in [-0.4, -0.2) is 30.0 Å². The molecule has 5 heteroatoms. The van der Waals surface area contributed by atoms with Crippen molar-refractivity contribution < 1.29 is 4.74 Å². The summed E-state index contributed by atoms with van der Waals surface area (Å²) >= 11 is 0. The monoisotopic (exact) mass is 208 g/mol. The van der Waals surface area contributed by atoms with Gasteiger partial charge in [0.15, 0.2) is 0 Å². The predicted molar refractivity (Wildman–Crippen MR) is 58.5 cm³/mol. The number of nitrogens with two attached hydrogens (primary N) is 1. The Kier molecular flexibility index (Phi) is 3.34. The van der Waals surface area contributed by atoms with E-state index in [4.69, 9.17) is 10.5 Å². The molecule has 1 heterocycles. The van der Waals surface area contributed by atoms with Gasteiger partial charge in [-0.2, -0.15) is 0 Å². The molecule has 0 aliphatic heterocycles. The number of hydrogen-bond acceptors (Lipinski definition) is 5. The van der Waals surface area contributed by atoms with Gasteiger partial charge in [-0.15, -0.1) is 10.2 Å². The Morgan fingerprint density at radius 1 is 1.40 bits per heavy atom. The third kappa shape index (κ3) is 3.71. The number of ether oxygens (including phenoxy) is 1.